The highest BCUT2D eigenvalue weighted by atomic mass is 16.5. The molecule has 1 aromatic heterocycles. The maximum atomic E-state index is 12.8. The van der Waals surface area contributed by atoms with Gasteiger partial charge in [-0.25, -0.2) is 0 Å². The van der Waals surface area contributed by atoms with Crippen molar-refractivity contribution in [2.75, 3.05) is 27.2 Å². The largest absolute Gasteiger partial charge is 0.369 e. The number of carbonyl (C=O) groups excluding carboxylic acids is 1. The molecule has 0 aromatic carbocycles. The minimum atomic E-state index is -0.00124. The van der Waals surface area contributed by atoms with Crippen molar-refractivity contribution in [2.24, 2.45) is 0 Å². The molecule has 0 radical (unpaired) electrons. The standard InChI is InChI=1S/C16H26N4O2/c1-6-20-15-11(3)22-10(2)7-13(15)14(17-20)16(21)19-8-12(9-19)18(4)5/h10-12H,6-9H2,1-5H3/t10-,11+/m1/s1. The highest BCUT2D eigenvalue weighted by Gasteiger charge is 2.37. The van der Waals surface area contributed by atoms with E-state index in [1.165, 1.54) is 0 Å². The fourth-order valence-corrected chi connectivity index (χ4v) is 3.43. The third-order valence-electron chi connectivity index (χ3n) is 4.79. The van der Waals surface area contributed by atoms with Gasteiger partial charge in [-0.2, -0.15) is 5.10 Å². The summed E-state index contributed by atoms with van der Waals surface area (Å²) in [6, 6.07) is 0.467. The number of hydrogen-bond acceptors (Lipinski definition) is 4. The second-order valence-corrected chi connectivity index (χ2v) is 6.65. The maximum Gasteiger partial charge on any atom is 0.274 e. The molecule has 6 nitrogen and oxygen atoms in total. The van der Waals surface area contributed by atoms with Gasteiger partial charge in [0.25, 0.3) is 5.91 Å². The van der Waals surface area contributed by atoms with Crippen molar-refractivity contribution < 1.29 is 9.53 Å². The van der Waals surface area contributed by atoms with E-state index in [4.69, 9.17) is 4.74 Å². The van der Waals surface area contributed by atoms with E-state index in [-0.39, 0.29) is 18.1 Å². The number of hydrogen-bond donors (Lipinski definition) is 0. The van der Waals surface area contributed by atoms with Crippen LogP contribution in [0, 0.1) is 0 Å². The van der Waals surface area contributed by atoms with Crippen molar-refractivity contribution in [3.05, 3.63) is 17.0 Å². The zero-order chi connectivity index (χ0) is 16.0. The van der Waals surface area contributed by atoms with Crippen molar-refractivity contribution in [1.29, 1.82) is 0 Å². The van der Waals surface area contributed by atoms with Gasteiger partial charge in [0.1, 0.15) is 0 Å². The van der Waals surface area contributed by atoms with Gasteiger partial charge < -0.3 is 14.5 Å². The Morgan fingerprint density at radius 3 is 2.64 bits per heavy atom. The lowest BCUT2D eigenvalue weighted by Crippen LogP contribution is -2.59. The molecule has 2 aliphatic rings. The van der Waals surface area contributed by atoms with Crippen LogP contribution in [0.3, 0.4) is 0 Å². The van der Waals surface area contributed by atoms with Gasteiger partial charge in [-0.05, 0) is 34.9 Å². The zero-order valence-electron chi connectivity index (χ0n) is 14.2. The summed E-state index contributed by atoms with van der Waals surface area (Å²) < 4.78 is 7.84. The monoisotopic (exact) mass is 306 g/mol. The molecule has 0 unspecified atom stereocenters. The van der Waals surface area contributed by atoms with Crippen LogP contribution in [-0.2, 0) is 17.7 Å². The van der Waals surface area contributed by atoms with E-state index >= 15 is 0 Å². The molecule has 0 saturated carbocycles. The second-order valence-electron chi connectivity index (χ2n) is 6.65. The summed E-state index contributed by atoms with van der Waals surface area (Å²) in [5.41, 5.74) is 2.80. The number of rotatable bonds is 3. The summed E-state index contributed by atoms with van der Waals surface area (Å²) >= 11 is 0. The number of amides is 1. The Labute approximate surface area is 132 Å². The Hall–Kier alpha value is -1.40. The molecule has 0 aliphatic carbocycles. The number of likely N-dealkylation sites (tertiary alicyclic amines) is 1. The van der Waals surface area contributed by atoms with Crippen LogP contribution in [0.2, 0.25) is 0 Å². The third-order valence-corrected chi connectivity index (χ3v) is 4.79. The van der Waals surface area contributed by atoms with Crippen molar-refractivity contribution in [1.82, 2.24) is 19.6 Å². The molecule has 22 heavy (non-hydrogen) atoms. The second kappa shape index (κ2) is 5.66. The van der Waals surface area contributed by atoms with E-state index < -0.39 is 0 Å². The van der Waals surface area contributed by atoms with Gasteiger partial charge in [0, 0.05) is 37.7 Å². The van der Waals surface area contributed by atoms with E-state index in [0.29, 0.717) is 11.7 Å². The molecular formula is C16H26N4O2. The normalized spacial score (nSPS) is 25.3. The topological polar surface area (TPSA) is 50.6 Å². The van der Waals surface area contributed by atoms with Gasteiger partial charge in [-0.15, -0.1) is 0 Å². The predicted octanol–water partition coefficient (Wildman–Crippen LogP) is 1.31. The first-order chi connectivity index (χ1) is 10.4. The summed E-state index contributed by atoms with van der Waals surface area (Å²) in [4.78, 5) is 16.9. The number of likely N-dealkylation sites (N-methyl/N-ethyl adjacent to an activating group) is 1. The first kappa shape index (κ1) is 15.5. The lowest BCUT2D eigenvalue weighted by molar-refractivity contribution is -0.00959. The van der Waals surface area contributed by atoms with Crippen LogP contribution in [0.15, 0.2) is 0 Å². The van der Waals surface area contributed by atoms with E-state index in [9.17, 15) is 4.79 Å². The molecule has 1 saturated heterocycles. The molecule has 1 fully saturated rings. The molecule has 1 aromatic rings. The fraction of sp³-hybridized carbons (Fsp3) is 0.750. The molecule has 0 spiro atoms. The molecule has 1 amide bonds. The van der Waals surface area contributed by atoms with Crippen molar-refractivity contribution in [2.45, 2.75) is 52.0 Å². The summed E-state index contributed by atoms with van der Waals surface area (Å²) in [6.07, 6.45) is 0.902. The Morgan fingerprint density at radius 1 is 1.36 bits per heavy atom. The number of aryl methyl sites for hydroxylation is 1. The van der Waals surface area contributed by atoms with Crippen LogP contribution in [0.1, 0.15) is 48.6 Å². The average molecular weight is 306 g/mol. The molecule has 0 N–H and O–H groups in total. The molecular weight excluding hydrogens is 280 g/mol. The minimum Gasteiger partial charge on any atom is -0.369 e. The summed E-state index contributed by atoms with van der Waals surface area (Å²) in [5.74, 6) is 0.0721. The molecule has 0 bridgehead atoms. The van der Waals surface area contributed by atoms with Crippen LogP contribution >= 0.6 is 0 Å². The van der Waals surface area contributed by atoms with E-state index in [1.807, 2.05) is 16.5 Å². The Balaban J connectivity index is 1.87. The molecule has 122 valence electrons. The molecule has 3 rings (SSSR count). The van der Waals surface area contributed by atoms with E-state index in [0.717, 1.165) is 37.3 Å². The highest BCUT2D eigenvalue weighted by Crippen LogP contribution is 2.33. The van der Waals surface area contributed by atoms with Crippen molar-refractivity contribution in [3.63, 3.8) is 0 Å². The number of carbonyl (C=O) groups is 1. The van der Waals surface area contributed by atoms with Gasteiger partial charge in [0.05, 0.1) is 17.9 Å². The van der Waals surface area contributed by atoms with Gasteiger partial charge >= 0.3 is 0 Å². The van der Waals surface area contributed by atoms with Gasteiger partial charge in [0.2, 0.25) is 0 Å². The number of ether oxygens (including phenoxy) is 1. The number of fused-ring (bicyclic) bond motifs is 1. The Kier molecular flexibility index (Phi) is 3.99. The lowest BCUT2D eigenvalue weighted by atomic mass is 9.98. The Bertz CT molecular complexity index is 575. The number of nitrogens with zero attached hydrogens (tertiary/aromatic N) is 4. The van der Waals surface area contributed by atoms with E-state index in [2.05, 4.69) is 37.9 Å². The van der Waals surface area contributed by atoms with E-state index in [1.54, 1.807) is 0 Å². The first-order valence-electron chi connectivity index (χ1n) is 8.13. The lowest BCUT2D eigenvalue weighted by Gasteiger charge is -2.42. The molecule has 6 heteroatoms. The predicted molar refractivity (Wildman–Crippen MR) is 83.9 cm³/mol. The van der Waals surface area contributed by atoms with Gasteiger partial charge in [0.15, 0.2) is 5.69 Å². The first-order valence-corrected chi connectivity index (χ1v) is 8.13. The van der Waals surface area contributed by atoms with Crippen LogP contribution in [0.25, 0.3) is 0 Å². The fourth-order valence-electron chi connectivity index (χ4n) is 3.43. The quantitative estimate of drug-likeness (QED) is 0.845. The van der Waals surface area contributed by atoms with Gasteiger partial charge in [-0.1, -0.05) is 0 Å². The van der Waals surface area contributed by atoms with Crippen LogP contribution in [0.5, 0.6) is 0 Å². The summed E-state index contributed by atoms with van der Waals surface area (Å²) in [5, 5.41) is 4.60. The maximum absolute atomic E-state index is 12.8. The molecule has 2 aliphatic heterocycles. The third kappa shape index (κ3) is 2.44. The molecule has 2 atom stereocenters. The van der Waals surface area contributed by atoms with Crippen molar-refractivity contribution >= 4 is 5.91 Å². The SMILES string of the molecule is CCn1nc(C(=O)N2CC(N(C)C)C2)c2c1[C@H](C)O[C@H](C)C2. The van der Waals surface area contributed by atoms with Crippen LogP contribution in [0.4, 0.5) is 0 Å². The van der Waals surface area contributed by atoms with Gasteiger partial charge in [-0.3, -0.25) is 9.48 Å². The zero-order valence-corrected chi connectivity index (χ0v) is 14.2. The Morgan fingerprint density at radius 2 is 2.05 bits per heavy atom. The summed E-state index contributed by atoms with van der Waals surface area (Å²) in [6.45, 7) is 8.50. The molecule has 3 heterocycles. The van der Waals surface area contributed by atoms with Crippen LogP contribution < -0.4 is 0 Å². The van der Waals surface area contributed by atoms with Crippen LogP contribution in [-0.4, -0.2) is 64.8 Å². The smallest absolute Gasteiger partial charge is 0.274 e. The minimum absolute atomic E-state index is 0.00124. The highest BCUT2D eigenvalue weighted by molar-refractivity contribution is 5.94. The van der Waals surface area contributed by atoms with Crippen molar-refractivity contribution in [3.8, 4) is 0 Å². The number of aromatic nitrogens is 2. The average Bonchev–Trinajstić information content (AvgIpc) is 2.75. The summed E-state index contributed by atoms with van der Waals surface area (Å²) in [7, 11) is 4.11.